The number of halogens is 4. The summed E-state index contributed by atoms with van der Waals surface area (Å²) in [6, 6.07) is 9.57. The number of nitrogens with one attached hydrogen (secondary N) is 1. The molecule has 2 amide bonds. The van der Waals surface area contributed by atoms with Gasteiger partial charge in [0.05, 0.1) is 22.5 Å². The second-order valence-electron chi connectivity index (χ2n) is 8.03. The van der Waals surface area contributed by atoms with Crippen LogP contribution < -0.4 is 10.9 Å². The monoisotopic (exact) mass is 508 g/mol. The highest BCUT2D eigenvalue weighted by atomic mass is 35.5. The lowest BCUT2D eigenvalue weighted by Crippen LogP contribution is -2.37. The van der Waals surface area contributed by atoms with E-state index in [9.17, 15) is 27.6 Å². The number of benzene rings is 2. The number of fused-ring (bicyclic) bond motifs is 1. The number of nitrogens with zero attached hydrogens (tertiary/aromatic N) is 3. The lowest BCUT2D eigenvalue weighted by atomic mass is 10.1. The number of carbonyl (C=O) groups is 2. The normalized spacial score (nSPS) is 11.5. The average molecular weight is 509 g/mol. The highest BCUT2D eigenvalue weighted by Crippen LogP contribution is 2.36. The summed E-state index contributed by atoms with van der Waals surface area (Å²) in [5.41, 5.74) is -1.49. The van der Waals surface area contributed by atoms with Crippen LogP contribution in [-0.2, 0) is 17.5 Å². The van der Waals surface area contributed by atoms with Gasteiger partial charge in [0.25, 0.3) is 11.5 Å². The standard InChI is InChI=1S/C24H24ClF3N4O3/c1-3-4-7-12-32-22(34)17-9-6-5-8-16(17)21(30-32)23(35)31(2)14-20(33)29-15-10-11-19(25)18(13-15)24(26,27)28/h5-6,8-11,13H,3-4,7,12,14H2,1-2H3,(H,29,33). The zero-order valence-corrected chi connectivity index (χ0v) is 19.9. The first kappa shape index (κ1) is 26.2. The second kappa shape index (κ2) is 10.9. The van der Waals surface area contributed by atoms with Gasteiger partial charge in [0.1, 0.15) is 0 Å². The van der Waals surface area contributed by atoms with Crippen molar-refractivity contribution in [2.75, 3.05) is 18.9 Å². The predicted octanol–water partition coefficient (Wildman–Crippen LogP) is 4.97. The Bertz CT molecular complexity index is 1310. The van der Waals surface area contributed by atoms with Crippen molar-refractivity contribution in [3.63, 3.8) is 0 Å². The number of anilines is 1. The molecule has 0 saturated heterocycles. The number of likely N-dealkylation sites (N-methyl/N-ethyl adjacent to an activating group) is 1. The van der Waals surface area contributed by atoms with Crippen LogP contribution in [0.5, 0.6) is 0 Å². The molecule has 3 aromatic rings. The summed E-state index contributed by atoms with van der Waals surface area (Å²) in [6.45, 7) is 1.92. The molecule has 0 radical (unpaired) electrons. The van der Waals surface area contributed by atoms with Crippen molar-refractivity contribution >= 4 is 39.9 Å². The summed E-state index contributed by atoms with van der Waals surface area (Å²) < 4.78 is 40.5. The van der Waals surface area contributed by atoms with Crippen molar-refractivity contribution in [2.45, 2.75) is 38.9 Å². The Morgan fingerprint density at radius 2 is 1.80 bits per heavy atom. The smallest absolute Gasteiger partial charge is 0.331 e. The Morgan fingerprint density at radius 3 is 2.46 bits per heavy atom. The van der Waals surface area contributed by atoms with Gasteiger partial charge >= 0.3 is 6.18 Å². The summed E-state index contributed by atoms with van der Waals surface area (Å²) in [5, 5.41) is 6.82. The van der Waals surface area contributed by atoms with Crippen molar-refractivity contribution in [3.8, 4) is 0 Å². The van der Waals surface area contributed by atoms with Crippen LogP contribution in [0.1, 0.15) is 42.2 Å². The first-order valence-electron chi connectivity index (χ1n) is 10.9. The number of hydrogen-bond acceptors (Lipinski definition) is 4. The minimum absolute atomic E-state index is 0.0119. The van der Waals surface area contributed by atoms with Gasteiger partial charge in [-0.1, -0.05) is 49.6 Å². The molecule has 0 fully saturated rings. The van der Waals surface area contributed by atoms with Crippen molar-refractivity contribution in [1.29, 1.82) is 0 Å². The molecule has 186 valence electrons. The lowest BCUT2D eigenvalue weighted by Gasteiger charge is -2.18. The molecule has 7 nitrogen and oxygen atoms in total. The van der Waals surface area contributed by atoms with E-state index in [2.05, 4.69) is 10.4 Å². The largest absolute Gasteiger partial charge is 0.417 e. The van der Waals surface area contributed by atoms with Crippen LogP contribution in [0, 0.1) is 0 Å². The quantitative estimate of drug-likeness (QED) is 0.435. The third kappa shape index (κ3) is 6.19. The minimum Gasteiger partial charge on any atom is -0.331 e. The van der Waals surface area contributed by atoms with E-state index in [4.69, 9.17) is 11.6 Å². The molecule has 2 aromatic carbocycles. The molecular formula is C24H24ClF3N4O3. The molecule has 0 spiro atoms. The predicted molar refractivity (Wildman–Crippen MR) is 128 cm³/mol. The Labute approximate surface area is 204 Å². The summed E-state index contributed by atoms with van der Waals surface area (Å²) in [4.78, 5) is 39.5. The molecule has 1 heterocycles. The zero-order valence-electron chi connectivity index (χ0n) is 19.2. The molecule has 0 unspecified atom stereocenters. The number of alkyl halides is 3. The van der Waals surface area contributed by atoms with Crippen molar-refractivity contribution < 1.29 is 22.8 Å². The number of aromatic nitrogens is 2. The van der Waals surface area contributed by atoms with Crippen LogP contribution in [0.3, 0.4) is 0 Å². The Morgan fingerprint density at radius 1 is 1.11 bits per heavy atom. The molecular weight excluding hydrogens is 485 g/mol. The number of carbonyl (C=O) groups excluding carboxylic acids is 2. The van der Waals surface area contributed by atoms with Crippen LogP contribution in [0.4, 0.5) is 18.9 Å². The first-order valence-corrected chi connectivity index (χ1v) is 11.3. The van der Waals surface area contributed by atoms with Gasteiger partial charge in [-0.2, -0.15) is 18.3 Å². The molecule has 0 aliphatic heterocycles. The van der Waals surface area contributed by atoms with Crippen LogP contribution in [0.25, 0.3) is 10.8 Å². The van der Waals surface area contributed by atoms with E-state index in [0.29, 0.717) is 23.7 Å². The topological polar surface area (TPSA) is 84.3 Å². The fraction of sp³-hybridized carbons (Fsp3) is 0.333. The number of hydrogen-bond donors (Lipinski definition) is 1. The molecule has 0 saturated carbocycles. The van der Waals surface area contributed by atoms with Crippen LogP contribution in [0.2, 0.25) is 5.02 Å². The molecule has 0 aliphatic rings. The van der Waals surface area contributed by atoms with E-state index in [1.165, 1.54) is 17.8 Å². The van der Waals surface area contributed by atoms with Gasteiger partial charge in [0, 0.05) is 24.7 Å². The maximum Gasteiger partial charge on any atom is 0.417 e. The van der Waals surface area contributed by atoms with Crippen LogP contribution >= 0.6 is 11.6 Å². The molecule has 3 rings (SSSR count). The SMILES string of the molecule is CCCCCn1nc(C(=O)N(C)CC(=O)Nc2ccc(Cl)c(C(F)(F)F)c2)c2ccccc2c1=O. The van der Waals surface area contributed by atoms with E-state index in [0.717, 1.165) is 29.9 Å². The fourth-order valence-corrected chi connectivity index (χ4v) is 3.77. The highest BCUT2D eigenvalue weighted by molar-refractivity contribution is 6.31. The molecule has 35 heavy (non-hydrogen) atoms. The first-order chi connectivity index (χ1) is 16.5. The van der Waals surface area contributed by atoms with Crippen molar-refractivity contribution in [3.05, 3.63) is 69.1 Å². The van der Waals surface area contributed by atoms with E-state index in [1.807, 2.05) is 6.92 Å². The molecule has 0 aliphatic carbocycles. The number of rotatable bonds is 8. The summed E-state index contributed by atoms with van der Waals surface area (Å²) >= 11 is 5.61. The number of aryl methyl sites for hydroxylation is 1. The molecule has 11 heteroatoms. The number of unbranched alkanes of at least 4 members (excludes halogenated alkanes) is 2. The third-order valence-corrected chi connectivity index (χ3v) is 5.66. The molecule has 1 N–H and O–H groups in total. The van der Waals surface area contributed by atoms with Gasteiger partial charge in [0.2, 0.25) is 5.91 Å². The number of amides is 2. The molecule has 0 atom stereocenters. The summed E-state index contributed by atoms with van der Waals surface area (Å²) in [7, 11) is 1.37. The van der Waals surface area contributed by atoms with E-state index in [1.54, 1.807) is 24.3 Å². The highest BCUT2D eigenvalue weighted by Gasteiger charge is 2.33. The fourth-order valence-electron chi connectivity index (χ4n) is 3.55. The van der Waals surface area contributed by atoms with Crippen LogP contribution in [-0.4, -0.2) is 40.1 Å². The Hall–Kier alpha value is -3.40. The van der Waals surface area contributed by atoms with Gasteiger partial charge in [0.15, 0.2) is 5.69 Å². The zero-order chi connectivity index (χ0) is 25.8. The van der Waals surface area contributed by atoms with Gasteiger partial charge in [-0.25, -0.2) is 4.68 Å². The van der Waals surface area contributed by atoms with E-state index in [-0.39, 0.29) is 16.9 Å². The Balaban J connectivity index is 1.82. The minimum atomic E-state index is -4.68. The van der Waals surface area contributed by atoms with E-state index < -0.39 is 35.1 Å². The van der Waals surface area contributed by atoms with E-state index >= 15 is 0 Å². The van der Waals surface area contributed by atoms with Gasteiger partial charge in [-0.05, 0) is 30.7 Å². The third-order valence-electron chi connectivity index (χ3n) is 5.33. The maximum absolute atomic E-state index is 13.2. The lowest BCUT2D eigenvalue weighted by molar-refractivity contribution is -0.137. The van der Waals surface area contributed by atoms with Gasteiger partial charge < -0.3 is 10.2 Å². The Kier molecular flexibility index (Phi) is 8.16. The van der Waals surface area contributed by atoms with Crippen molar-refractivity contribution in [1.82, 2.24) is 14.7 Å². The van der Waals surface area contributed by atoms with Gasteiger partial charge in [-0.15, -0.1) is 0 Å². The van der Waals surface area contributed by atoms with Crippen LogP contribution in [0.15, 0.2) is 47.3 Å². The molecule has 1 aromatic heterocycles. The summed E-state index contributed by atoms with van der Waals surface area (Å²) in [5.74, 6) is -1.32. The average Bonchev–Trinajstić information content (AvgIpc) is 2.80. The maximum atomic E-state index is 13.2. The second-order valence-corrected chi connectivity index (χ2v) is 8.44. The van der Waals surface area contributed by atoms with Crippen molar-refractivity contribution in [2.24, 2.45) is 0 Å². The molecule has 0 bridgehead atoms. The summed E-state index contributed by atoms with van der Waals surface area (Å²) in [6.07, 6.45) is -2.12. The van der Waals surface area contributed by atoms with Gasteiger partial charge in [-0.3, -0.25) is 14.4 Å².